The molecular weight excluding hydrogens is 248 g/mol. The van der Waals surface area contributed by atoms with Crippen LogP contribution in [-0.4, -0.2) is 21.3 Å². The summed E-state index contributed by atoms with van der Waals surface area (Å²) in [7, 11) is 0. The molecule has 3 nitrogen and oxygen atoms in total. The van der Waals surface area contributed by atoms with Crippen molar-refractivity contribution in [3.8, 4) is 11.8 Å². The summed E-state index contributed by atoms with van der Waals surface area (Å²) in [6.45, 7) is 5.17. The van der Waals surface area contributed by atoms with Crippen LogP contribution < -0.4 is 0 Å². The maximum absolute atomic E-state index is 8.80. The Hall–Kier alpha value is -2.05. The molecular formula is C17H20N2O. The first-order valence-corrected chi connectivity index (χ1v) is 6.91. The Bertz CT molecular complexity index is 617. The molecule has 0 bridgehead atoms. The normalized spacial score (nSPS) is 10.4. The van der Waals surface area contributed by atoms with Gasteiger partial charge in [-0.2, -0.15) is 0 Å². The highest BCUT2D eigenvalue weighted by Crippen LogP contribution is 2.15. The van der Waals surface area contributed by atoms with Crippen LogP contribution in [0.2, 0.25) is 0 Å². The smallest absolute Gasteiger partial charge is 0.111 e. The molecule has 0 atom stereocenters. The van der Waals surface area contributed by atoms with Gasteiger partial charge in [-0.25, -0.2) is 4.98 Å². The second-order valence-electron chi connectivity index (χ2n) is 5.00. The highest BCUT2D eigenvalue weighted by atomic mass is 16.2. The lowest BCUT2D eigenvalue weighted by Crippen LogP contribution is -2.07. The topological polar surface area (TPSA) is 38.0 Å². The monoisotopic (exact) mass is 268 g/mol. The molecule has 3 heteroatoms. The summed E-state index contributed by atoms with van der Waals surface area (Å²) in [6.07, 6.45) is 4.36. The predicted molar refractivity (Wildman–Crippen MR) is 80.4 cm³/mol. The average Bonchev–Trinajstić information content (AvgIpc) is 2.89. The number of hydrogen-bond donors (Lipinski definition) is 1. The minimum atomic E-state index is 0.105. The summed E-state index contributed by atoms with van der Waals surface area (Å²) in [6, 6.07) is 8.13. The van der Waals surface area contributed by atoms with Crippen LogP contribution in [0.4, 0.5) is 0 Å². The summed E-state index contributed by atoms with van der Waals surface area (Å²) in [5.41, 5.74) is 2.20. The molecule has 1 heterocycles. The van der Waals surface area contributed by atoms with Gasteiger partial charge in [0.05, 0.1) is 6.61 Å². The Labute approximate surface area is 120 Å². The number of aromatic nitrogens is 2. The molecule has 0 spiro atoms. The van der Waals surface area contributed by atoms with Crippen LogP contribution in [0, 0.1) is 11.8 Å². The lowest BCUT2D eigenvalue weighted by atomic mass is 10.1. The number of benzene rings is 1. The van der Waals surface area contributed by atoms with Crippen molar-refractivity contribution in [1.29, 1.82) is 0 Å². The van der Waals surface area contributed by atoms with Gasteiger partial charge in [0, 0.05) is 36.8 Å². The van der Waals surface area contributed by atoms with Gasteiger partial charge in [-0.3, -0.25) is 0 Å². The number of nitrogens with zero attached hydrogens (tertiary/aromatic N) is 2. The zero-order valence-corrected chi connectivity index (χ0v) is 12.0. The molecule has 0 saturated carbocycles. The highest BCUT2D eigenvalue weighted by Gasteiger charge is 2.08. The largest absolute Gasteiger partial charge is 0.395 e. The van der Waals surface area contributed by atoms with E-state index in [1.807, 2.05) is 30.6 Å². The molecule has 0 amide bonds. The minimum Gasteiger partial charge on any atom is -0.395 e. The molecule has 2 rings (SSSR count). The van der Waals surface area contributed by atoms with E-state index < -0.39 is 0 Å². The van der Waals surface area contributed by atoms with E-state index in [1.54, 1.807) is 0 Å². The lowest BCUT2D eigenvalue weighted by Gasteiger charge is -2.11. The van der Waals surface area contributed by atoms with Crippen LogP contribution >= 0.6 is 0 Å². The van der Waals surface area contributed by atoms with Crippen LogP contribution in [0.25, 0.3) is 0 Å². The molecule has 0 saturated heterocycles. The van der Waals surface area contributed by atoms with Crippen molar-refractivity contribution < 1.29 is 5.11 Å². The summed E-state index contributed by atoms with van der Waals surface area (Å²) in [5.74, 6) is 7.60. The molecule has 1 N–H and O–H groups in total. The third-order valence-electron chi connectivity index (χ3n) is 3.08. The van der Waals surface area contributed by atoms with E-state index in [0.717, 1.165) is 17.9 Å². The van der Waals surface area contributed by atoms with Crippen molar-refractivity contribution in [2.75, 3.05) is 6.61 Å². The van der Waals surface area contributed by atoms with Crippen molar-refractivity contribution in [3.05, 3.63) is 53.6 Å². The summed E-state index contributed by atoms with van der Waals surface area (Å²) in [5, 5.41) is 8.80. The van der Waals surface area contributed by atoms with Crippen LogP contribution in [0.1, 0.15) is 43.1 Å². The van der Waals surface area contributed by atoms with Crippen LogP contribution in [0.5, 0.6) is 0 Å². The molecule has 0 aliphatic carbocycles. The Balaban J connectivity index is 2.25. The molecule has 1 aromatic heterocycles. The molecule has 104 valence electrons. The molecule has 20 heavy (non-hydrogen) atoms. The van der Waals surface area contributed by atoms with E-state index in [1.165, 1.54) is 5.56 Å². The summed E-state index contributed by atoms with van der Waals surface area (Å²) in [4.78, 5) is 4.41. The molecule has 1 aromatic carbocycles. The molecule has 0 fully saturated rings. The van der Waals surface area contributed by atoms with E-state index in [9.17, 15) is 0 Å². The number of hydrogen-bond acceptors (Lipinski definition) is 2. The van der Waals surface area contributed by atoms with Gasteiger partial charge in [-0.05, 0) is 11.6 Å². The van der Waals surface area contributed by atoms with Crippen molar-refractivity contribution in [1.82, 2.24) is 9.55 Å². The fraction of sp³-hybridized carbons (Fsp3) is 0.353. The summed E-state index contributed by atoms with van der Waals surface area (Å²) >= 11 is 0. The van der Waals surface area contributed by atoms with Gasteiger partial charge >= 0.3 is 0 Å². The molecule has 0 radical (unpaired) electrons. The zero-order valence-electron chi connectivity index (χ0n) is 12.0. The molecule has 0 unspecified atom stereocenters. The first-order valence-electron chi connectivity index (χ1n) is 6.91. The van der Waals surface area contributed by atoms with Crippen LogP contribution in [0.15, 0.2) is 36.7 Å². The Morgan fingerprint density at radius 3 is 2.85 bits per heavy atom. The maximum Gasteiger partial charge on any atom is 0.111 e. The quantitative estimate of drug-likeness (QED) is 0.866. The Kier molecular flexibility index (Phi) is 4.97. The number of aliphatic hydroxyl groups excluding tert-OH is 1. The minimum absolute atomic E-state index is 0.105. The Morgan fingerprint density at radius 2 is 2.10 bits per heavy atom. The zero-order chi connectivity index (χ0) is 14.4. The van der Waals surface area contributed by atoms with Gasteiger partial charge in [0.2, 0.25) is 0 Å². The van der Waals surface area contributed by atoms with Crippen molar-refractivity contribution in [2.45, 2.75) is 32.7 Å². The van der Waals surface area contributed by atoms with Gasteiger partial charge in [-0.15, -0.1) is 0 Å². The van der Waals surface area contributed by atoms with E-state index >= 15 is 0 Å². The Morgan fingerprint density at radius 1 is 1.30 bits per heavy atom. The van der Waals surface area contributed by atoms with Crippen molar-refractivity contribution in [3.63, 3.8) is 0 Å². The number of imidazole rings is 1. The fourth-order valence-electron chi connectivity index (χ4n) is 2.13. The van der Waals surface area contributed by atoms with Crippen LogP contribution in [0.3, 0.4) is 0 Å². The first-order chi connectivity index (χ1) is 9.72. The van der Waals surface area contributed by atoms with E-state index in [4.69, 9.17) is 5.11 Å². The lowest BCUT2D eigenvalue weighted by molar-refractivity contribution is 0.305. The van der Waals surface area contributed by atoms with Crippen LogP contribution in [-0.2, 0) is 6.54 Å². The van der Waals surface area contributed by atoms with Crippen molar-refractivity contribution in [2.24, 2.45) is 0 Å². The van der Waals surface area contributed by atoms with Gasteiger partial charge in [-0.1, -0.05) is 43.9 Å². The SMILES string of the molecule is CC(C)c1nccn1Cc1ccccc1C#CCCO. The average molecular weight is 268 g/mol. The molecule has 0 aliphatic heterocycles. The molecule has 0 aliphatic rings. The van der Waals surface area contributed by atoms with E-state index in [0.29, 0.717) is 12.3 Å². The third-order valence-corrected chi connectivity index (χ3v) is 3.08. The fourth-order valence-corrected chi connectivity index (χ4v) is 2.13. The predicted octanol–water partition coefficient (Wildman–Crippen LogP) is 2.79. The van der Waals surface area contributed by atoms with E-state index in [2.05, 4.69) is 41.3 Å². The maximum atomic E-state index is 8.80. The standard InChI is InChI=1S/C17H20N2O/c1-14(2)17-18-10-11-19(17)13-16-9-4-3-7-15(16)8-5-6-12-20/h3-4,7,9-11,14,20H,6,12-13H2,1-2H3. The second-order valence-corrected chi connectivity index (χ2v) is 5.00. The first kappa shape index (κ1) is 14.4. The van der Waals surface area contributed by atoms with Gasteiger partial charge in [0.15, 0.2) is 0 Å². The second kappa shape index (κ2) is 6.93. The number of rotatable bonds is 4. The van der Waals surface area contributed by atoms with Gasteiger partial charge in [0.25, 0.3) is 0 Å². The van der Waals surface area contributed by atoms with E-state index in [-0.39, 0.29) is 6.61 Å². The van der Waals surface area contributed by atoms with Crippen molar-refractivity contribution >= 4 is 0 Å². The molecule has 2 aromatic rings. The number of aliphatic hydroxyl groups is 1. The van der Waals surface area contributed by atoms with Gasteiger partial charge < -0.3 is 9.67 Å². The highest BCUT2D eigenvalue weighted by molar-refractivity contribution is 5.41. The summed E-state index contributed by atoms with van der Waals surface area (Å²) < 4.78 is 2.16. The van der Waals surface area contributed by atoms with Gasteiger partial charge in [0.1, 0.15) is 5.82 Å². The third kappa shape index (κ3) is 3.49.